The molecule has 3 heterocycles. The van der Waals surface area contributed by atoms with Crippen molar-refractivity contribution < 1.29 is 27.1 Å². The van der Waals surface area contributed by atoms with Crippen LogP contribution in [0.2, 0.25) is 0 Å². The van der Waals surface area contributed by atoms with Crippen LogP contribution in [0.5, 0.6) is 11.5 Å². The number of hydrogen-bond donors (Lipinski definition) is 2. The molecule has 1 amide bonds. The number of nitrogens with two attached hydrogens (primary N) is 1. The van der Waals surface area contributed by atoms with Crippen molar-refractivity contribution in [1.82, 2.24) is 10.3 Å². The van der Waals surface area contributed by atoms with Crippen molar-refractivity contribution in [2.45, 2.75) is 68.2 Å². The van der Waals surface area contributed by atoms with Gasteiger partial charge in [-0.3, -0.25) is 4.79 Å². The highest BCUT2D eigenvalue weighted by atomic mass is 32.2. The van der Waals surface area contributed by atoms with E-state index in [4.69, 9.17) is 14.6 Å². The molecule has 2 aliphatic heterocycles. The minimum Gasteiger partial charge on any atom is -0.493 e. The number of ether oxygens (including phenoxy) is 2. The van der Waals surface area contributed by atoms with Crippen LogP contribution in [0.1, 0.15) is 39.5 Å². The highest BCUT2D eigenvalue weighted by Crippen LogP contribution is 2.39. The standard InChI is InChI=1S/C23H29FN4O5S/c1-23(2,33-19-8-4-14(24)10-20(19)32-3)22(29)27-15-11-16-5-6-17(12-15)28(16)21-9-7-18(13-26-21)34(25,30)31/h4,7-10,13,15-17H,5-6,11-12H2,1-3H3,(H,27,29)(H2,25,30,31)/t15-,16+,17-. The third-order valence-electron chi connectivity index (χ3n) is 6.42. The van der Waals surface area contributed by atoms with Gasteiger partial charge >= 0.3 is 0 Å². The molecule has 3 N–H and O–H groups in total. The second-order valence-electron chi connectivity index (χ2n) is 9.24. The van der Waals surface area contributed by atoms with Gasteiger partial charge < -0.3 is 19.7 Å². The number of hydrogen-bond acceptors (Lipinski definition) is 7. The van der Waals surface area contributed by atoms with E-state index >= 15 is 0 Å². The van der Waals surface area contributed by atoms with Gasteiger partial charge in [0.1, 0.15) is 16.5 Å². The molecule has 3 atom stereocenters. The van der Waals surface area contributed by atoms with Crippen molar-refractivity contribution in [3.8, 4) is 11.5 Å². The van der Waals surface area contributed by atoms with Crippen LogP contribution >= 0.6 is 0 Å². The first-order chi connectivity index (χ1) is 16.0. The van der Waals surface area contributed by atoms with Gasteiger partial charge in [0.15, 0.2) is 17.1 Å². The summed E-state index contributed by atoms with van der Waals surface area (Å²) in [5, 5.41) is 8.28. The van der Waals surface area contributed by atoms with Crippen molar-refractivity contribution >= 4 is 21.7 Å². The number of sulfonamides is 1. The molecule has 9 nitrogen and oxygen atoms in total. The molecule has 2 aliphatic rings. The van der Waals surface area contributed by atoms with E-state index in [1.165, 1.54) is 37.6 Å². The Hall–Kier alpha value is -2.92. The van der Waals surface area contributed by atoms with Crippen LogP contribution in [0.3, 0.4) is 0 Å². The number of amides is 1. The zero-order valence-electron chi connectivity index (χ0n) is 19.3. The first-order valence-electron chi connectivity index (χ1n) is 11.1. The van der Waals surface area contributed by atoms with Crippen LogP contribution < -0.4 is 24.8 Å². The molecule has 0 aliphatic carbocycles. The van der Waals surface area contributed by atoms with Crippen LogP contribution in [0.25, 0.3) is 0 Å². The Balaban J connectivity index is 1.41. The fourth-order valence-electron chi connectivity index (χ4n) is 4.77. The number of primary sulfonamides is 1. The SMILES string of the molecule is COc1cc(F)ccc1OC(C)(C)C(=O)N[C@H]1C[C@H]2CC[C@@H](C1)N2c1ccc(S(N)(=O)=O)cn1. The molecule has 0 spiro atoms. The molecule has 1 aromatic heterocycles. The van der Waals surface area contributed by atoms with Gasteiger partial charge in [0, 0.05) is 30.4 Å². The molecular weight excluding hydrogens is 463 g/mol. The molecule has 34 heavy (non-hydrogen) atoms. The highest BCUT2D eigenvalue weighted by Gasteiger charge is 2.43. The molecule has 0 radical (unpaired) electrons. The maximum absolute atomic E-state index is 13.5. The number of aromatic nitrogens is 1. The second-order valence-corrected chi connectivity index (χ2v) is 10.8. The quantitative estimate of drug-likeness (QED) is 0.608. The minimum absolute atomic E-state index is 0.0224. The molecule has 2 saturated heterocycles. The number of piperidine rings is 1. The molecule has 4 rings (SSSR count). The van der Waals surface area contributed by atoms with Crippen molar-refractivity contribution in [3.63, 3.8) is 0 Å². The van der Waals surface area contributed by atoms with Crippen LogP contribution in [0, 0.1) is 5.82 Å². The Bertz CT molecular complexity index is 1160. The predicted molar refractivity (Wildman–Crippen MR) is 124 cm³/mol. The first kappa shape index (κ1) is 24.2. The molecular formula is C23H29FN4O5S. The molecule has 11 heteroatoms. The van der Waals surface area contributed by atoms with Gasteiger partial charge in [-0.15, -0.1) is 0 Å². The molecule has 2 bridgehead atoms. The van der Waals surface area contributed by atoms with Gasteiger partial charge in [-0.2, -0.15) is 0 Å². The number of anilines is 1. The number of fused-ring (bicyclic) bond motifs is 2. The summed E-state index contributed by atoms with van der Waals surface area (Å²) in [4.78, 5) is 19.6. The summed E-state index contributed by atoms with van der Waals surface area (Å²) in [5.74, 6) is 0.479. The fourth-order valence-corrected chi connectivity index (χ4v) is 5.23. The monoisotopic (exact) mass is 492 g/mol. The normalized spacial score (nSPS) is 22.4. The van der Waals surface area contributed by atoms with Crippen molar-refractivity contribution in [2.75, 3.05) is 12.0 Å². The number of benzene rings is 1. The third-order valence-corrected chi connectivity index (χ3v) is 7.32. The lowest BCUT2D eigenvalue weighted by molar-refractivity contribution is -0.135. The average molecular weight is 493 g/mol. The Morgan fingerprint density at radius 3 is 2.41 bits per heavy atom. The smallest absolute Gasteiger partial charge is 0.263 e. The zero-order chi connectivity index (χ0) is 24.7. The molecule has 2 aromatic rings. The number of nitrogens with one attached hydrogen (secondary N) is 1. The summed E-state index contributed by atoms with van der Waals surface area (Å²) in [5.41, 5.74) is -1.20. The first-order valence-corrected chi connectivity index (χ1v) is 12.6. The van der Waals surface area contributed by atoms with Crippen molar-refractivity contribution in [1.29, 1.82) is 0 Å². The van der Waals surface area contributed by atoms with E-state index in [1.807, 2.05) is 0 Å². The average Bonchev–Trinajstić information content (AvgIpc) is 3.04. The summed E-state index contributed by atoms with van der Waals surface area (Å²) < 4.78 is 47.6. The number of nitrogens with zero attached hydrogens (tertiary/aromatic N) is 2. The Labute approximate surface area is 198 Å². The number of halogens is 1. The van der Waals surface area contributed by atoms with E-state index in [-0.39, 0.29) is 40.4 Å². The fraction of sp³-hybridized carbons (Fsp3) is 0.478. The summed E-state index contributed by atoms with van der Waals surface area (Å²) >= 11 is 0. The Kier molecular flexibility index (Phi) is 6.43. The predicted octanol–water partition coefficient (Wildman–Crippen LogP) is 2.35. The van der Waals surface area contributed by atoms with Crippen molar-refractivity contribution in [2.24, 2.45) is 5.14 Å². The van der Waals surface area contributed by atoms with Crippen LogP contribution in [0.15, 0.2) is 41.4 Å². The summed E-state index contributed by atoms with van der Waals surface area (Å²) in [6.45, 7) is 3.32. The van der Waals surface area contributed by atoms with E-state index in [1.54, 1.807) is 19.9 Å². The van der Waals surface area contributed by atoms with E-state index in [9.17, 15) is 17.6 Å². The van der Waals surface area contributed by atoms with Gasteiger partial charge in [0.05, 0.1) is 7.11 Å². The second kappa shape index (κ2) is 9.03. The number of methoxy groups -OCH3 is 1. The Morgan fingerprint density at radius 2 is 1.85 bits per heavy atom. The molecule has 2 fully saturated rings. The molecule has 184 valence electrons. The summed E-state index contributed by atoms with van der Waals surface area (Å²) in [7, 11) is -2.38. The van der Waals surface area contributed by atoms with E-state index in [0.29, 0.717) is 5.82 Å². The summed E-state index contributed by atoms with van der Waals surface area (Å²) in [6.07, 6.45) is 4.67. The number of carbonyl (C=O) groups excluding carboxylic acids is 1. The lowest BCUT2D eigenvalue weighted by atomic mass is 9.96. The van der Waals surface area contributed by atoms with Gasteiger partial charge in [0.25, 0.3) is 5.91 Å². The van der Waals surface area contributed by atoms with Crippen LogP contribution in [-0.4, -0.2) is 50.1 Å². The van der Waals surface area contributed by atoms with E-state index < -0.39 is 21.4 Å². The molecule has 0 unspecified atom stereocenters. The van der Waals surface area contributed by atoms with Gasteiger partial charge in [-0.1, -0.05) is 0 Å². The Morgan fingerprint density at radius 1 is 1.18 bits per heavy atom. The number of carbonyl (C=O) groups is 1. The van der Waals surface area contributed by atoms with Crippen LogP contribution in [-0.2, 0) is 14.8 Å². The lowest BCUT2D eigenvalue weighted by Crippen LogP contribution is -2.55. The maximum atomic E-state index is 13.5. The minimum atomic E-state index is -3.79. The number of pyridine rings is 1. The molecule has 1 aromatic carbocycles. The van der Waals surface area contributed by atoms with Crippen molar-refractivity contribution in [3.05, 3.63) is 42.3 Å². The lowest BCUT2D eigenvalue weighted by Gasteiger charge is -2.40. The van der Waals surface area contributed by atoms with Gasteiger partial charge in [0.2, 0.25) is 10.0 Å². The molecule has 0 saturated carbocycles. The highest BCUT2D eigenvalue weighted by molar-refractivity contribution is 7.89. The maximum Gasteiger partial charge on any atom is 0.263 e. The van der Waals surface area contributed by atoms with E-state index in [2.05, 4.69) is 15.2 Å². The largest absolute Gasteiger partial charge is 0.493 e. The van der Waals surface area contributed by atoms with Crippen LogP contribution in [0.4, 0.5) is 10.2 Å². The van der Waals surface area contributed by atoms with E-state index in [0.717, 1.165) is 25.7 Å². The zero-order valence-corrected chi connectivity index (χ0v) is 20.1. The number of rotatable bonds is 7. The van der Waals surface area contributed by atoms with Gasteiger partial charge in [-0.25, -0.2) is 22.9 Å². The van der Waals surface area contributed by atoms with Gasteiger partial charge in [-0.05, 0) is 63.8 Å². The summed E-state index contributed by atoms with van der Waals surface area (Å²) in [6, 6.07) is 7.36. The third kappa shape index (κ3) is 4.95. The topological polar surface area (TPSA) is 124 Å².